The van der Waals surface area contributed by atoms with Crippen LogP contribution >= 0.6 is 0 Å². The third kappa shape index (κ3) is 6.52. The molecule has 2 aromatic carbocycles. The number of carbonyl (C=O) groups is 3. The maximum absolute atomic E-state index is 13.9. The molecule has 0 unspecified atom stereocenters. The number of carboxylic acids is 1. The highest BCUT2D eigenvalue weighted by atomic mass is 19.1. The summed E-state index contributed by atoms with van der Waals surface area (Å²) in [5.74, 6) is -2.62. The molecule has 0 aliphatic carbocycles. The summed E-state index contributed by atoms with van der Waals surface area (Å²) in [6.45, 7) is 8.69. The molecule has 176 valence electrons. The minimum absolute atomic E-state index is 0.0286. The first-order valence-corrected chi connectivity index (χ1v) is 10.7. The van der Waals surface area contributed by atoms with Crippen LogP contribution in [-0.2, 0) is 4.79 Å². The third-order valence-corrected chi connectivity index (χ3v) is 5.22. The molecule has 8 nitrogen and oxygen atoms in total. The van der Waals surface area contributed by atoms with Crippen molar-refractivity contribution in [2.75, 3.05) is 42.9 Å². The molecule has 3 rings (SSSR count). The molecule has 0 bridgehead atoms. The molecule has 0 aromatic heterocycles. The number of nitrogens with one attached hydrogen (secondary N) is 2. The number of carboxylic acid groups (broad SMARTS) is 1. The van der Waals surface area contributed by atoms with Crippen molar-refractivity contribution in [3.63, 3.8) is 0 Å². The molecule has 2 aromatic rings. The van der Waals surface area contributed by atoms with Crippen LogP contribution in [0.15, 0.2) is 42.5 Å². The Kier molecular flexibility index (Phi) is 7.33. The van der Waals surface area contributed by atoms with Gasteiger partial charge < -0.3 is 20.6 Å². The highest BCUT2D eigenvalue weighted by molar-refractivity contribution is 6.08. The van der Waals surface area contributed by atoms with Gasteiger partial charge >= 0.3 is 5.97 Å². The van der Waals surface area contributed by atoms with Gasteiger partial charge in [0.1, 0.15) is 5.82 Å². The van der Waals surface area contributed by atoms with Crippen LogP contribution < -0.4 is 15.5 Å². The molecule has 0 atom stereocenters. The number of nitrogens with zero attached hydrogens (tertiary/aromatic N) is 2. The van der Waals surface area contributed by atoms with Crippen molar-refractivity contribution in [1.82, 2.24) is 10.2 Å². The second-order valence-electron chi connectivity index (χ2n) is 9.03. The Morgan fingerprint density at radius 1 is 1.00 bits per heavy atom. The molecule has 1 fully saturated rings. The van der Waals surface area contributed by atoms with Crippen molar-refractivity contribution in [3.8, 4) is 0 Å². The van der Waals surface area contributed by atoms with Gasteiger partial charge in [-0.15, -0.1) is 0 Å². The molecule has 9 heteroatoms. The van der Waals surface area contributed by atoms with Gasteiger partial charge in [0.2, 0.25) is 5.91 Å². The molecule has 33 heavy (non-hydrogen) atoms. The minimum Gasteiger partial charge on any atom is -0.478 e. The summed E-state index contributed by atoms with van der Waals surface area (Å²) in [5.41, 5.74) is 0.274. The van der Waals surface area contributed by atoms with E-state index in [2.05, 4.69) is 15.5 Å². The molecule has 1 heterocycles. The van der Waals surface area contributed by atoms with Crippen LogP contribution in [0, 0.1) is 5.82 Å². The van der Waals surface area contributed by atoms with Gasteiger partial charge in [-0.1, -0.05) is 12.1 Å². The van der Waals surface area contributed by atoms with E-state index in [0.717, 1.165) is 0 Å². The molecule has 1 aliphatic rings. The largest absolute Gasteiger partial charge is 0.478 e. The van der Waals surface area contributed by atoms with Crippen molar-refractivity contribution in [1.29, 1.82) is 0 Å². The Morgan fingerprint density at radius 2 is 1.67 bits per heavy atom. The van der Waals surface area contributed by atoms with Crippen LogP contribution in [0.3, 0.4) is 0 Å². The molecule has 0 radical (unpaired) electrons. The monoisotopic (exact) mass is 456 g/mol. The van der Waals surface area contributed by atoms with Crippen LogP contribution in [0.1, 0.15) is 41.5 Å². The molecule has 3 N–H and O–H groups in total. The van der Waals surface area contributed by atoms with Gasteiger partial charge in [0.05, 0.1) is 23.4 Å². The van der Waals surface area contributed by atoms with Gasteiger partial charge in [-0.2, -0.15) is 0 Å². The highest BCUT2D eigenvalue weighted by Crippen LogP contribution is 2.25. The summed E-state index contributed by atoms with van der Waals surface area (Å²) in [6.07, 6.45) is 0. The standard InChI is InChI=1S/C24H29FN4O4/c1-24(2,3)27-21(30)15-28-10-12-29(13-11-28)16-8-9-20(18(14-16)23(32)33)26-22(31)17-6-4-5-7-19(17)25/h4-9,14H,10-13,15H2,1-3H3,(H,26,31)(H,27,30)(H,32,33). The fourth-order valence-corrected chi connectivity index (χ4v) is 3.67. The highest BCUT2D eigenvalue weighted by Gasteiger charge is 2.23. The Labute approximate surface area is 192 Å². The number of anilines is 2. The molecular weight excluding hydrogens is 427 g/mol. The van der Waals surface area contributed by atoms with E-state index in [1.165, 1.54) is 36.4 Å². The zero-order chi connectivity index (χ0) is 24.2. The minimum atomic E-state index is -1.20. The van der Waals surface area contributed by atoms with Crippen LogP contribution in [-0.4, -0.2) is 66.1 Å². The number of rotatable bonds is 6. The van der Waals surface area contributed by atoms with E-state index < -0.39 is 17.7 Å². The fraction of sp³-hybridized carbons (Fsp3) is 0.375. The fourth-order valence-electron chi connectivity index (χ4n) is 3.67. The van der Waals surface area contributed by atoms with E-state index in [0.29, 0.717) is 38.4 Å². The van der Waals surface area contributed by atoms with Gasteiger partial charge in [0.15, 0.2) is 0 Å². The first-order valence-electron chi connectivity index (χ1n) is 10.7. The SMILES string of the molecule is CC(C)(C)NC(=O)CN1CCN(c2ccc(NC(=O)c3ccccc3F)c(C(=O)O)c2)CC1. The quantitative estimate of drug-likeness (QED) is 0.618. The summed E-state index contributed by atoms with van der Waals surface area (Å²) in [4.78, 5) is 40.5. The van der Waals surface area contributed by atoms with E-state index in [1.807, 2.05) is 25.7 Å². The molecule has 1 aliphatic heterocycles. The first-order chi connectivity index (χ1) is 15.5. The van der Waals surface area contributed by atoms with Crippen molar-refractivity contribution in [2.45, 2.75) is 26.3 Å². The molecule has 0 saturated carbocycles. The third-order valence-electron chi connectivity index (χ3n) is 5.22. The molecule has 1 saturated heterocycles. The van der Waals surface area contributed by atoms with E-state index in [9.17, 15) is 23.9 Å². The molecule has 2 amide bonds. The second-order valence-corrected chi connectivity index (χ2v) is 9.03. The summed E-state index contributed by atoms with van der Waals surface area (Å²) in [6, 6.07) is 10.3. The zero-order valence-electron chi connectivity index (χ0n) is 19.0. The predicted molar refractivity (Wildman–Crippen MR) is 124 cm³/mol. The number of piperazine rings is 1. The lowest BCUT2D eigenvalue weighted by atomic mass is 10.1. The summed E-state index contributed by atoms with van der Waals surface area (Å²) in [7, 11) is 0. The van der Waals surface area contributed by atoms with Gasteiger partial charge in [-0.05, 0) is 51.1 Å². The van der Waals surface area contributed by atoms with E-state index in [-0.39, 0.29) is 28.3 Å². The van der Waals surface area contributed by atoms with E-state index in [1.54, 1.807) is 6.07 Å². The van der Waals surface area contributed by atoms with Crippen LogP contribution in [0.5, 0.6) is 0 Å². The average Bonchev–Trinajstić information content (AvgIpc) is 2.73. The number of benzene rings is 2. The Hall–Kier alpha value is -3.46. The number of carbonyl (C=O) groups excluding carboxylic acids is 2. The van der Waals surface area contributed by atoms with Gasteiger partial charge in [-0.3, -0.25) is 14.5 Å². The van der Waals surface area contributed by atoms with Crippen molar-refractivity contribution in [2.24, 2.45) is 0 Å². The molecule has 0 spiro atoms. The lowest BCUT2D eigenvalue weighted by molar-refractivity contribution is -0.123. The zero-order valence-corrected chi connectivity index (χ0v) is 19.0. The second kappa shape index (κ2) is 9.99. The first kappa shape index (κ1) is 24.2. The van der Waals surface area contributed by atoms with Gasteiger partial charge in [0, 0.05) is 37.4 Å². The summed E-state index contributed by atoms with van der Waals surface area (Å²) in [5, 5.41) is 15.1. The van der Waals surface area contributed by atoms with Crippen LogP contribution in [0.4, 0.5) is 15.8 Å². The molecular formula is C24H29FN4O4. The summed E-state index contributed by atoms with van der Waals surface area (Å²) >= 11 is 0. The topological polar surface area (TPSA) is 102 Å². The smallest absolute Gasteiger partial charge is 0.337 e. The predicted octanol–water partition coefficient (Wildman–Crippen LogP) is 2.81. The lowest BCUT2D eigenvalue weighted by Crippen LogP contribution is -2.51. The summed E-state index contributed by atoms with van der Waals surface area (Å²) < 4.78 is 13.9. The number of hydrogen-bond donors (Lipinski definition) is 3. The van der Waals surface area contributed by atoms with Crippen LogP contribution in [0.25, 0.3) is 0 Å². The van der Waals surface area contributed by atoms with Crippen LogP contribution in [0.2, 0.25) is 0 Å². The van der Waals surface area contributed by atoms with Crippen molar-refractivity contribution in [3.05, 3.63) is 59.4 Å². The lowest BCUT2D eigenvalue weighted by Gasteiger charge is -2.36. The Balaban J connectivity index is 1.66. The average molecular weight is 457 g/mol. The van der Waals surface area contributed by atoms with Crippen molar-refractivity contribution < 1.29 is 23.9 Å². The van der Waals surface area contributed by atoms with Gasteiger partial charge in [-0.25, -0.2) is 9.18 Å². The van der Waals surface area contributed by atoms with Crippen molar-refractivity contribution >= 4 is 29.2 Å². The Morgan fingerprint density at radius 3 is 2.27 bits per heavy atom. The maximum Gasteiger partial charge on any atom is 0.337 e. The maximum atomic E-state index is 13.9. The van der Waals surface area contributed by atoms with Gasteiger partial charge in [0.25, 0.3) is 5.91 Å². The van der Waals surface area contributed by atoms with E-state index >= 15 is 0 Å². The van der Waals surface area contributed by atoms with E-state index in [4.69, 9.17) is 0 Å². The number of aromatic carboxylic acids is 1. The normalized spacial score (nSPS) is 14.6. The Bertz CT molecular complexity index is 1040. The number of hydrogen-bond acceptors (Lipinski definition) is 5. The number of halogens is 1. The number of amides is 2.